The van der Waals surface area contributed by atoms with Crippen LogP contribution in [0.1, 0.15) is 97.8 Å². The molecule has 4 saturated carbocycles. The molecule has 1 aliphatic heterocycles. The summed E-state index contributed by atoms with van der Waals surface area (Å²) in [5.74, 6) is -2.58. The summed E-state index contributed by atoms with van der Waals surface area (Å²) in [5, 5.41) is 8.63. The molecule has 1 heterocycles. The molecule has 0 aromatic carbocycles. The fourth-order valence-electron chi connectivity index (χ4n) is 8.84. The fraction of sp³-hybridized carbons (Fsp3) is 0.844. The number of carbonyl (C=O) groups is 5. The highest BCUT2D eigenvalue weighted by molar-refractivity contribution is 7.90. The Labute approximate surface area is 266 Å². The number of hydrogen-bond acceptors (Lipinski definition) is 7. The van der Waals surface area contributed by atoms with E-state index in [9.17, 15) is 32.4 Å². The number of sulfone groups is 1. The lowest BCUT2D eigenvalue weighted by Gasteiger charge is -2.40. The van der Waals surface area contributed by atoms with Gasteiger partial charge in [-0.15, -0.1) is 0 Å². The van der Waals surface area contributed by atoms with E-state index in [1.165, 1.54) is 0 Å². The summed E-state index contributed by atoms with van der Waals surface area (Å²) in [4.78, 5) is 68.0. The molecule has 5 rings (SSSR count). The first-order valence-electron chi connectivity index (χ1n) is 16.7. The molecule has 1 unspecified atom stereocenters. The van der Waals surface area contributed by atoms with Crippen LogP contribution in [-0.2, 0) is 29.0 Å². The highest BCUT2D eigenvalue weighted by Crippen LogP contribution is 2.72. The Morgan fingerprint density at radius 1 is 0.933 bits per heavy atom. The Kier molecular flexibility index (Phi) is 9.09. The third-order valence-corrected chi connectivity index (χ3v) is 12.2. The van der Waals surface area contributed by atoms with Crippen molar-refractivity contribution in [1.82, 2.24) is 20.9 Å². The van der Waals surface area contributed by atoms with E-state index < -0.39 is 62.5 Å². The predicted molar refractivity (Wildman–Crippen MR) is 167 cm³/mol. The van der Waals surface area contributed by atoms with Crippen molar-refractivity contribution in [3.05, 3.63) is 0 Å². The molecule has 5 amide bonds. The quantitative estimate of drug-likeness (QED) is 0.246. The number of fused-ring (bicyclic) bond motifs is 3. The van der Waals surface area contributed by atoms with Gasteiger partial charge < -0.3 is 26.6 Å². The molecule has 45 heavy (non-hydrogen) atoms. The minimum absolute atomic E-state index is 0.000484. The Hall–Kier alpha value is -2.70. The molecule has 5 N–H and O–H groups in total. The second-order valence-electron chi connectivity index (χ2n) is 15.8. The van der Waals surface area contributed by atoms with Gasteiger partial charge in [-0.2, -0.15) is 0 Å². The van der Waals surface area contributed by atoms with Crippen LogP contribution in [0.25, 0.3) is 0 Å². The molecule has 0 radical (unpaired) electrons. The summed E-state index contributed by atoms with van der Waals surface area (Å²) in [6.45, 7) is 5.89. The van der Waals surface area contributed by atoms with Crippen LogP contribution in [0.2, 0.25) is 0 Å². The summed E-state index contributed by atoms with van der Waals surface area (Å²) in [7, 11) is -3.38. The number of piperidine rings is 1. The topological polar surface area (TPSA) is 185 Å². The Morgan fingerprint density at radius 2 is 1.53 bits per heavy atom. The third-order valence-electron chi connectivity index (χ3n) is 11.1. The monoisotopic (exact) mass is 649 g/mol. The molecule has 0 aromatic heterocycles. The number of primary amides is 1. The van der Waals surface area contributed by atoms with Gasteiger partial charge in [0.05, 0.1) is 17.3 Å². The maximum Gasteiger partial charge on any atom is 0.315 e. The molecule has 0 bridgehead atoms. The lowest BCUT2D eigenvalue weighted by atomic mass is 9.83. The van der Waals surface area contributed by atoms with Crippen LogP contribution in [0.3, 0.4) is 0 Å². The molecule has 4 aliphatic carbocycles. The molecule has 5 fully saturated rings. The molecule has 1 saturated heterocycles. The maximum atomic E-state index is 14.4. The van der Waals surface area contributed by atoms with Gasteiger partial charge in [0.1, 0.15) is 21.9 Å². The number of ketones is 1. The molecule has 5 atom stereocenters. The second kappa shape index (κ2) is 12.2. The number of likely N-dealkylation sites (tertiary alicyclic amines) is 1. The first kappa shape index (κ1) is 33.7. The number of carbonyl (C=O) groups excluding carboxylic acids is 5. The zero-order valence-corrected chi connectivity index (χ0v) is 28.0. The van der Waals surface area contributed by atoms with E-state index >= 15 is 0 Å². The number of hydrogen-bond donors (Lipinski definition) is 4. The van der Waals surface area contributed by atoms with E-state index in [-0.39, 0.29) is 34.8 Å². The predicted octanol–water partition coefficient (Wildman–Crippen LogP) is 1.80. The van der Waals surface area contributed by atoms with E-state index in [4.69, 9.17) is 5.73 Å². The number of Topliss-reactive ketones (excluding diaryl/α,β-unsaturated/α-hetero) is 1. The lowest BCUT2D eigenvalue weighted by molar-refractivity contribution is -0.145. The SMILES string of the molecule is CC(C)(C)[C@H](NC(=O)NC1(CS(C)(=O)=O)CCCCC1)C(=O)N1C[C@H]2[C@@H]([C@H]1C(=O)NC(CC1CC1)C(=O)C(N)=O)C21CCCC1. The van der Waals surface area contributed by atoms with Gasteiger partial charge in [-0.05, 0) is 60.7 Å². The zero-order valence-electron chi connectivity index (χ0n) is 27.2. The van der Waals surface area contributed by atoms with Crippen molar-refractivity contribution in [3.8, 4) is 0 Å². The summed E-state index contributed by atoms with van der Waals surface area (Å²) in [5.41, 5.74) is 3.69. The van der Waals surface area contributed by atoms with Crippen molar-refractivity contribution in [2.45, 2.75) is 121 Å². The lowest BCUT2D eigenvalue weighted by Crippen LogP contribution is -2.63. The van der Waals surface area contributed by atoms with Crippen molar-refractivity contribution >= 4 is 39.4 Å². The van der Waals surface area contributed by atoms with Gasteiger partial charge in [0.15, 0.2) is 0 Å². The van der Waals surface area contributed by atoms with E-state index in [1.807, 2.05) is 20.8 Å². The maximum absolute atomic E-state index is 14.4. The first-order chi connectivity index (χ1) is 21.0. The van der Waals surface area contributed by atoms with Gasteiger partial charge in [0.25, 0.3) is 5.91 Å². The molecule has 13 heteroatoms. The van der Waals surface area contributed by atoms with Crippen molar-refractivity contribution in [2.24, 2.45) is 34.3 Å². The number of nitrogens with one attached hydrogen (secondary N) is 3. The minimum Gasteiger partial charge on any atom is -0.363 e. The molecule has 1 spiro atoms. The van der Waals surface area contributed by atoms with Gasteiger partial charge in [-0.3, -0.25) is 19.2 Å². The zero-order chi connectivity index (χ0) is 32.9. The number of nitrogens with two attached hydrogens (primary N) is 1. The molecule has 252 valence electrons. The molecule has 5 aliphatic rings. The second-order valence-corrected chi connectivity index (χ2v) is 17.9. The Morgan fingerprint density at radius 3 is 2.07 bits per heavy atom. The number of nitrogens with zero attached hydrogens (tertiary/aromatic N) is 1. The summed E-state index contributed by atoms with van der Waals surface area (Å²) < 4.78 is 24.6. The molecular weight excluding hydrogens is 598 g/mol. The number of urea groups is 1. The van der Waals surface area contributed by atoms with Crippen molar-refractivity contribution in [2.75, 3.05) is 18.6 Å². The summed E-state index contributed by atoms with van der Waals surface area (Å²) >= 11 is 0. The average Bonchev–Trinajstić information content (AvgIpc) is 3.70. The van der Waals surface area contributed by atoms with Crippen molar-refractivity contribution in [3.63, 3.8) is 0 Å². The van der Waals surface area contributed by atoms with E-state index in [2.05, 4.69) is 16.0 Å². The van der Waals surface area contributed by atoms with Gasteiger partial charge in [0.2, 0.25) is 17.6 Å². The highest BCUT2D eigenvalue weighted by Gasteiger charge is 2.74. The van der Waals surface area contributed by atoms with Crippen LogP contribution in [0.15, 0.2) is 0 Å². The highest BCUT2D eigenvalue weighted by atomic mass is 32.2. The van der Waals surface area contributed by atoms with Crippen LogP contribution in [-0.4, -0.2) is 85.1 Å². The summed E-state index contributed by atoms with van der Waals surface area (Å²) in [6, 6.07) is -3.46. The number of rotatable bonds is 11. The van der Waals surface area contributed by atoms with E-state index in [1.54, 1.807) is 4.90 Å². The van der Waals surface area contributed by atoms with E-state index in [0.29, 0.717) is 25.8 Å². The first-order valence-corrected chi connectivity index (χ1v) is 18.7. The minimum atomic E-state index is -3.38. The van der Waals surface area contributed by atoms with Gasteiger partial charge >= 0.3 is 6.03 Å². The van der Waals surface area contributed by atoms with Gasteiger partial charge in [0, 0.05) is 12.8 Å². The number of amides is 5. The van der Waals surface area contributed by atoms with Crippen LogP contribution in [0.5, 0.6) is 0 Å². The van der Waals surface area contributed by atoms with E-state index in [0.717, 1.165) is 64.0 Å². The smallest absolute Gasteiger partial charge is 0.315 e. The summed E-state index contributed by atoms with van der Waals surface area (Å²) in [6.07, 6.45) is 11.1. The van der Waals surface area contributed by atoms with Crippen molar-refractivity contribution < 1.29 is 32.4 Å². The Bertz CT molecular complexity index is 1330. The average molecular weight is 650 g/mol. The Balaban J connectivity index is 1.37. The molecular formula is C32H51N5O7S. The largest absolute Gasteiger partial charge is 0.363 e. The fourth-order valence-corrected chi connectivity index (χ4v) is 10.2. The van der Waals surface area contributed by atoms with Crippen LogP contribution in [0.4, 0.5) is 4.79 Å². The molecule has 12 nitrogen and oxygen atoms in total. The van der Waals surface area contributed by atoms with Crippen LogP contribution in [0, 0.1) is 28.6 Å². The van der Waals surface area contributed by atoms with Crippen LogP contribution >= 0.6 is 0 Å². The third kappa shape index (κ3) is 7.17. The van der Waals surface area contributed by atoms with Gasteiger partial charge in [-0.25, -0.2) is 13.2 Å². The van der Waals surface area contributed by atoms with Crippen LogP contribution < -0.4 is 21.7 Å². The molecule has 0 aromatic rings. The standard InChI is InChI=1S/C32H51N5O7S/c1-30(2,3)25(35-29(42)36-31(18-45(4,43)44)12-6-5-7-13-31)28(41)37-17-20-22(32(20)14-8-9-15-32)23(37)27(40)34-21(16-19-10-11-19)24(38)26(33)39/h19-23,25H,5-18H2,1-4H3,(H2,33,39)(H,34,40)(H2,35,36,42)/t20-,21?,22-,23-,25+/m0/s1. The van der Waals surface area contributed by atoms with Crippen molar-refractivity contribution in [1.29, 1.82) is 0 Å². The van der Waals surface area contributed by atoms with Gasteiger partial charge in [-0.1, -0.05) is 65.7 Å². The normalized spacial score (nSPS) is 28.1.